The van der Waals surface area contributed by atoms with Crippen LogP contribution in [0.1, 0.15) is 41.4 Å². The summed E-state index contributed by atoms with van der Waals surface area (Å²) in [5.41, 5.74) is 5.01. The summed E-state index contributed by atoms with van der Waals surface area (Å²) in [4.78, 5) is 21.2. The molecule has 0 aliphatic carbocycles. The molecule has 4 aromatic rings. The lowest BCUT2D eigenvalue weighted by molar-refractivity contribution is -0.122. The molecular weight excluding hydrogens is 346 g/mol. The van der Waals surface area contributed by atoms with Crippen molar-refractivity contribution in [2.45, 2.75) is 25.8 Å². The summed E-state index contributed by atoms with van der Waals surface area (Å²) in [5.74, 6) is 0.354. The molecule has 3 aromatic carbocycles. The van der Waals surface area contributed by atoms with Crippen LogP contribution in [0, 0.1) is 6.92 Å². The lowest BCUT2D eigenvalue weighted by Gasteiger charge is -2.20. The highest BCUT2D eigenvalue weighted by atomic mass is 16.1. The lowest BCUT2D eigenvalue weighted by atomic mass is 9.90. The summed E-state index contributed by atoms with van der Waals surface area (Å²) in [6.07, 6.45) is 0. The van der Waals surface area contributed by atoms with E-state index in [2.05, 4.69) is 28.3 Å². The Morgan fingerprint density at radius 3 is 2.14 bits per heavy atom. The fraction of sp³-hybridized carbons (Fsp3) is 0.167. The van der Waals surface area contributed by atoms with Crippen LogP contribution < -0.4 is 5.32 Å². The number of rotatable bonds is 5. The number of carbonyl (C=O) groups excluding carboxylic acids is 1. The Kier molecular flexibility index (Phi) is 4.94. The molecule has 4 rings (SSSR count). The number of aromatic nitrogens is 2. The number of hydrogen-bond donors (Lipinski definition) is 2. The molecule has 0 spiro atoms. The van der Waals surface area contributed by atoms with E-state index in [-0.39, 0.29) is 17.9 Å². The van der Waals surface area contributed by atoms with E-state index in [0.717, 1.165) is 28.0 Å². The van der Waals surface area contributed by atoms with E-state index in [1.807, 2.05) is 79.7 Å². The van der Waals surface area contributed by atoms with Gasteiger partial charge in [0.15, 0.2) is 0 Å². The maximum atomic E-state index is 13.2. The minimum absolute atomic E-state index is 0.0402. The van der Waals surface area contributed by atoms with E-state index in [4.69, 9.17) is 0 Å². The predicted molar refractivity (Wildman–Crippen MR) is 112 cm³/mol. The van der Waals surface area contributed by atoms with E-state index in [1.54, 1.807) is 0 Å². The number of hydrogen-bond acceptors (Lipinski definition) is 2. The number of fused-ring (bicyclic) bond motifs is 1. The largest absolute Gasteiger partial charge is 0.346 e. The van der Waals surface area contributed by atoms with Crippen molar-refractivity contribution in [3.8, 4) is 0 Å². The molecule has 4 nitrogen and oxygen atoms in total. The van der Waals surface area contributed by atoms with Crippen LogP contribution in [0.4, 0.5) is 0 Å². The summed E-state index contributed by atoms with van der Waals surface area (Å²) >= 11 is 0. The Morgan fingerprint density at radius 2 is 1.54 bits per heavy atom. The summed E-state index contributed by atoms with van der Waals surface area (Å²) in [7, 11) is 0. The van der Waals surface area contributed by atoms with Crippen LogP contribution in [0.5, 0.6) is 0 Å². The molecule has 1 atom stereocenters. The van der Waals surface area contributed by atoms with Crippen molar-refractivity contribution in [3.05, 3.63) is 101 Å². The Balaban J connectivity index is 1.61. The molecule has 2 N–H and O–H groups in total. The molecule has 0 saturated heterocycles. The van der Waals surface area contributed by atoms with Gasteiger partial charge >= 0.3 is 0 Å². The van der Waals surface area contributed by atoms with Crippen molar-refractivity contribution in [3.63, 3.8) is 0 Å². The maximum absolute atomic E-state index is 13.2. The number of nitrogens with zero attached hydrogens (tertiary/aromatic N) is 1. The van der Waals surface area contributed by atoms with Crippen LogP contribution in [-0.4, -0.2) is 15.9 Å². The second kappa shape index (κ2) is 7.69. The molecule has 0 bridgehead atoms. The van der Waals surface area contributed by atoms with Crippen LogP contribution in [0.2, 0.25) is 0 Å². The zero-order valence-corrected chi connectivity index (χ0v) is 16.0. The summed E-state index contributed by atoms with van der Waals surface area (Å²) in [6.45, 7) is 4.00. The van der Waals surface area contributed by atoms with Crippen molar-refractivity contribution in [2.24, 2.45) is 0 Å². The smallest absolute Gasteiger partial charge is 0.232 e. The minimum Gasteiger partial charge on any atom is -0.346 e. The standard InChI is InChI=1S/C24H23N3O/c1-16-13-14-20-21(15-16)27-23(26-20)17(2)25-24(28)22(18-9-5-3-6-10-18)19-11-7-4-8-12-19/h3-15,17,22H,1-2H3,(H,25,28)(H,26,27). The van der Waals surface area contributed by atoms with E-state index < -0.39 is 0 Å². The molecule has 0 aliphatic heterocycles. The van der Waals surface area contributed by atoms with Crippen LogP contribution in [0.15, 0.2) is 78.9 Å². The SMILES string of the molecule is Cc1ccc2nc(C(C)NC(=O)C(c3ccccc3)c3ccccc3)[nH]c2c1. The normalized spacial score (nSPS) is 12.2. The van der Waals surface area contributed by atoms with Gasteiger partial charge in [0.2, 0.25) is 5.91 Å². The first-order valence-corrected chi connectivity index (χ1v) is 9.48. The van der Waals surface area contributed by atoms with Gasteiger partial charge in [-0.3, -0.25) is 4.79 Å². The van der Waals surface area contributed by atoms with Crippen molar-refractivity contribution < 1.29 is 4.79 Å². The second-order valence-electron chi connectivity index (χ2n) is 7.13. The molecule has 1 aromatic heterocycles. The molecule has 4 heteroatoms. The fourth-order valence-electron chi connectivity index (χ4n) is 3.50. The van der Waals surface area contributed by atoms with Gasteiger partial charge in [0, 0.05) is 0 Å². The van der Waals surface area contributed by atoms with Crippen LogP contribution in [0.25, 0.3) is 11.0 Å². The Bertz CT molecular complexity index is 1050. The van der Waals surface area contributed by atoms with E-state index in [9.17, 15) is 4.79 Å². The first-order chi connectivity index (χ1) is 13.6. The molecule has 0 radical (unpaired) electrons. The number of carbonyl (C=O) groups is 1. The van der Waals surface area contributed by atoms with Gasteiger partial charge in [-0.05, 0) is 42.7 Å². The van der Waals surface area contributed by atoms with Gasteiger partial charge in [0.25, 0.3) is 0 Å². The molecule has 1 unspecified atom stereocenters. The zero-order valence-electron chi connectivity index (χ0n) is 16.0. The van der Waals surface area contributed by atoms with Gasteiger partial charge in [-0.2, -0.15) is 0 Å². The molecule has 0 saturated carbocycles. The molecule has 1 heterocycles. The van der Waals surface area contributed by atoms with Gasteiger partial charge < -0.3 is 10.3 Å². The Labute approximate surface area is 164 Å². The van der Waals surface area contributed by atoms with Gasteiger partial charge in [-0.25, -0.2) is 4.98 Å². The third-order valence-electron chi connectivity index (χ3n) is 4.95. The molecule has 28 heavy (non-hydrogen) atoms. The van der Waals surface area contributed by atoms with Gasteiger partial charge in [-0.1, -0.05) is 66.7 Å². The summed E-state index contributed by atoms with van der Waals surface area (Å²) < 4.78 is 0. The molecule has 0 aliphatic rings. The topological polar surface area (TPSA) is 57.8 Å². The van der Waals surface area contributed by atoms with Crippen LogP contribution in [-0.2, 0) is 4.79 Å². The highest BCUT2D eigenvalue weighted by Gasteiger charge is 2.25. The van der Waals surface area contributed by atoms with Crippen LogP contribution in [0.3, 0.4) is 0 Å². The van der Waals surface area contributed by atoms with Gasteiger partial charge in [-0.15, -0.1) is 0 Å². The third kappa shape index (κ3) is 3.67. The molecule has 140 valence electrons. The number of H-pyrrole nitrogens is 1. The maximum Gasteiger partial charge on any atom is 0.232 e. The van der Waals surface area contributed by atoms with Crippen molar-refractivity contribution in [2.75, 3.05) is 0 Å². The number of nitrogens with one attached hydrogen (secondary N) is 2. The van der Waals surface area contributed by atoms with Crippen molar-refractivity contribution in [1.29, 1.82) is 0 Å². The van der Waals surface area contributed by atoms with Crippen molar-refractivity contribution >= 4 is 16.9 Å². The Hall–Kier alpha value is -3.40. The minimum atomic E-state index is -0.364. The molecular formula is C24H23N3O. The number of aryl methyl sites for hydroxylation is 1. The van der Waals surface area contributed by atoms with E-state index in [1.165, 1.54) is 5.56 Å². The average Bonchev–Trinajstić information content (AvgIpc) is 3.13. The fourth-order valence-corrected chi connectivity index (χ4v) is 3.50. The van der Waals surface area contributed by atoms with Crippen LogP contribution >= 0.6 is 0 Å². The third-order valence-corrected chi connectivity index (χ3v) is 4.95. The first kappa shape index (κ1) is 18.0. The van der Waals surface area contributed by atoms with E-state index >= 15 is 0 Å². The number of aromatic amines is 1. The lowest BCUT2D eigenvalue weighted by Crippen LogP contribution is -2.32. The van der Waals surface area contributed by atoms with Crippen molar-refractivity contribution in [1.82, 2.24) is 15.3 Å². The zero-order chi connectivity index (χ0) is 19.5. The molecule has 0 fully saturated rings. The summed E-state index contributed by atoms with van der Waals surface area (Å²) in [6, 6.07) is 25.6. The summed E-state index contributed by atoms with van der Waals surface area (Å²) in [5, 5.41) is 3.14. The monoisotopic (exact) mass is 369 g/mol. The second-order valence-corrected chi connectivity index (χ2v) is 7.13. The average molecular weight is 369 g/mol. The number of amides is 1. The predicted octanol–water partition coefficient (Wildman–Crippen LogP) is 4.88. The van der Waals surface area contributed by atoms with E-state index in [0.29, 0.717) is 0 Å². The number of benzene rings is 3. The highest BCUT2D eigenvalue weighted by Crippen LogP contribution is 2.26. The quantitative estimate of drug-likeness (QED) is 0.527. The van der Waals surface area contributed by atoms with Gasteiger partial charge in [0.1, 0.15) is 5.82 Å². The van der Waals surface area contributed by atoms with Gasteiger partial charge in [0.05, 0.1) is 23.0 Å². The Morgan fingerprint density at radius 1 is 0.929 bits per heavy atom. The first-order valence-electron chi connectivity index (χ1n) is 9.48. The molecule has 1 amide bonds. The number of imidazole rings is 1. The highest BCUT2D eigenvalue weighted by molar-refractivity contribution is 5.87.